The summed E-state index contributed by atoms with van der Waals surface area (Å²) in [6.07, 6.45) is -4.89. The molecule has 13 heteroatoms. The molecule has 1 heterocycles. The van der Waals surface area contributed by atoms with Gasteiger partial charge in [0, 0.05) is 25.2 Å². The predicted octanol–water partition coefficient (Wildman–Crippen LogP) is 1.49. The highest BCUT2D eigenvalue weighted by Crippen LogP contribution is 2.40. The second-order valence-corrected chi connectivity index (χ2v) is 7.44. The number of carboxylic acids is 1. The number of carboxylic acid groups (broad SMARTS) is 1. The lowest BCUT2D eigenvalue weighted by Gasteiger charge is -2.18. The lowest BCUT2D eigenvalue weighted by molar-refractivity contribution is -0.385. The number of carbonyl (C=O) groups is 1. The third-order valence-corrected chi connectivity index (χ3v) is 5.84. The van der Waals surface area contributed by atoms with Gasteiger partial charge >= 0.3 is 17.8 Å². The molecule has 0 bridgehead atoms. The van der Waals surface area contributed by atoms with E-state index in [1.807, 2.05) is 0 Å². The van der Waals surface area contributed by atoms with Crippen molar-refractivity contribution < 1.29 is 41.2 Å². The number of nitrogens with zero attached hydrogens (tertiary/aromatic N) is 2. The van der Waals surface area contributed by atoms with Crippen molar-refractivity contribution in [3.05, 3.63) is 28.3 Å². The molecule has 9 nitrogen and oxygen atoms in total. The molecule has 0 amide bonds. The number of benzene rings is 1. The number of hydrogen-bond acceptors (Lipinski definition) is 6. The van der Waals surface area contributed by atoms with Gasteiger partial charge in [-0.05, 0) is 6.07 Å². The summed E-state index contributed by atoms with van der Waals surface area (Å²) in [7, 11) is -3.44. The Labute approximate surface area is 145 Å². The maximum Gasteiger partial charge on any atom is 0.393 e. The molecule has 1 aliphatic heterocycles. The standard InChI is InChI=1S/C13H13F3N2O7S/c1-25-11-4-7(2-3-10(11)18(21)22)26(23,24)17-5-8(12(19)20)9(6-17)13(14,15)16/h2-4,8-9H,5-6H2,1H3,(H,19,20)/t8-,9-/m1/s1. The minimum atomic E-state index is -4.89. The van der Waals surface area contributed by atoms with Gasteiger partial charge < -0.3 is 9.84 Å². The van der Waals surface area contributed by atoms with Gasteiger partial charge in [-0.2, -0.15) is 17.5 Å². The van der Waals surface area contributed by atoms with E-state index in [2.05, 4.69) is 0 Å². The van der Waals surface area contributed by atoms with Crippen LogP contribution in [0.15, 0.2) is 23.1 Å². The zero-order valence-electron chi connectivity index (χ0n) is 13.1. The van der Waals surface area contributed by atoms with E-state index in [1.54, 1.807) is 0 Å². The summed E-state index contributed by atoms with van der Waals surface area (Å²) < 4.78 is 69.3. The van der Waals surface area contributed by atoms with Gasteiger partial charge in [-0.15, -0.1) is 0 Å². The number of rotatable bonds is 5. The van der Waals surface area contributed by atoms with Gasteiger partial charge in [-0.1, -0.05) is 0 Å². The molecule has 0 aromatic heterocycles. The lowest BCUT2D eigenvalue weighted by Crippen LogP contribution is -2.34. The molecule has 0 unspecified atom stereocenters. The number of hydrogen-bond donors (Lipinski definition) is 1. The summed E-state index contributed by atoms with van der Waals surface area (Å²) in [5, 5.41) is 19.8. The van der Waals surface area contributed by atoms with Crippen molar-refractivity contribution in [2.24, 2.45) is 11.8 Å². The molecule has 2 atom stereocenters. The van der Waals surface area contributed by atoms with Gasteiger partial charge in [0.05, 0.1) is 28.8 Å². The number of ether oxygens (including phenoxy) is 1. The monoisotopic (exact) mass is 398 g/mol. The number of nitro groups is 1. The maximum atomic E-state index is 13.0. The number of alkyl halides is 3. The van der Waals surface area contributed by atoms with Gasteiger partial charge in [0.1, 0.15) is 0 Å². The first-order valence-electron chi connectivity index (χ1n) is 7.01. The highest BCUT2D eigenvalue weighted by Gasteiger charge is 2.55. The molecule has 1 aliphatic rings. The van der Waals surface area contributed by atoms with E-state index in [0.717, 1.165) is 25.3 Å². The van der Waals surface area contributed by atoms with Crippen LogP contribution in [0.4, 0.5) is 18.9 Å². The quantitative estimate of drug-likeness (QED) is 0.588. The molecule has 0 radical (unpaired) electrons. The molecular weight excluding hydrogens is 385 g/mol. The number of nitro benzene ring substituents is 1. The average molecular weight is 398 g/mol. The maximum absolute atomic E-state index is 13.0. The number of aliphatic carboxylic acids is 1. The zero-order chi connectivity index (χ0) is 19.9. The lowest BCUT2D eigenvalue weighted by atomic mass is 9.96. The highest BCUT2D eigenvalue weighted by atomic mass is 32.2. The summed E-state index contributed by atoms with van der Waals surface area (Å²) in [5.74, 6) is -6.44. The van der Waals surface area contributed by atoms with E-state index in [-0.39, 0.29) is 0 Å². The smallest absolute Gasteiger partial charge is 0.393 e. The Morgan fingerprint density at radius 3 is 2.42 bits per heavy atom. The van der Waals surface area contributed by atoms with Crippen molar-refractivity contribution in [3.63, 3.8) is 0 Å². The van der Waals surface area contributed by atoms with E-state index < -0.39 is 68.3 Å². The topological polar surface area (TPSA) is 127 Å². The Morgan fingerprint density at radius 2 is 2.00 bits per heavy atom. The molecule has 1 aromatic rings. The van der Waals surface area contributed by atoms with Crippen molar-refractivity contribution in [2.75, 3.05) is 20.2 Å². The van der Waals surface area contributed by atoms with Crippen LogP contribution in [0.3, 0.4) is 0 Å². The Balaban J connectivity index is 2.42. The number of methoxy groups -OCH3 is 1. The molecule has 0 spiro atoms. The van der Waals surface area contributed by atoms with Crippen LogP contribution in [0.5, 0.6) is 5.75 Å². The average Bonchev–Trinajstić information content (AvgIpc) is 3.00. The van der Waals surface area contributed by atoms with Crippen molar-refractivity contribution in [3.8, 4) is 5.75 Å². The highest BCUT2D eigenvalue weighted by molar-refractivity contribution is 7.89. The van der Waals surface area contributed by atoms with Crippen LogP contribution in [0, 0.1) is 22.0 Å². The first-order chi connectivity index (χ1) is 11.9. The van der Waals surface area contributed by atoms with Crippen LogP contribution in [0.2, 0.25) is 0 Å². The summed E-state index contributed by atoms with van der Waals surface area (Å²) in [6, 6.07) is 2.51. The molecule has 1 N–H and O–H groups in total. The molecule has 1 aromatic carbocycles. The van der Waals surface area contributed by atoms with Crippen LogP contribution >= 0.6 is 0 Å². The molecule has 2 rings (SSSR count). The molecule has 144 valence electrons. The summed E-state index contributed by atoms with van der Waals surface area (Å²) in [5.41, 5.74) is -0.524. The summed E-state index contributed by atoms with van der Waals surface area (Å²) in [6.45, 7) is -1.91. The SMILES string of the molecule is COc1cc(S(=O)(=O)N2C[C@@H](C(F)(F)F)[C@H](C(=O)O)C2)ccc1[N+](=O)[O-]. The van der Waals surface area contributed by atoms with Crippen molar-refractivity contribution in [2.45, 2.75) is 11.1 Å². The first-order valence-corrected chi connectivity index (χ1v) is 8.45. The minimum Gasteiger partial charge on any atom is -0.490 e. The minimum absolute atomic E-state index is 0.391. The van der Waals surface area contributed by atoms with Crippen LogP contribution in [0.25, 0.3) is 0 Å². The normalized spacial score (nSPS) is 21.5. The fourth-order valence-electron chi connectivity index (χ4n) is 2.66. The Bertz CT molecular complexity index is 841. The second-order valence-electron chi connectivity index (χ2n) is 5.51. The third kappa shape index (κ3) is 3.58. The largest absolute Gasteiger partial charge is 0.490 e. The summed E-state index contributed by atoms with van der Waals surface area (Å²) in [4.78, 5) is 20.6. The molecule has 1 saturated heterocycles. The van der Waals surface area contributed by atoms with Crippen LogP contribution in [-0.4, -0.2) is 55.1 Å². The summed E-state index contributed by atoms with van der Waals surface area (Å²) >= 11 is 0. The van der Waals surface area contributed by atoms with Crippen LogP contribution < -0.4 is 4.74 Å². The van der Waals surface area contributed by atoms with E-state index in [0.29, 0.717) is 4.31 Å². The number of sulfonamides is 1. The van der Waals surface area contributed by atoms with Gasteiger partial charge in [-0.25, -0.2) is 8.42 Å². The Morgan fingerprint density at radius 1 is 1.38 bits per heavy atom. The van der Waals surface area contributed by atoms with Gasteiger partial charge in [0.15, 0.2) is 5.75 Å². The van der Waals surface area contributed by atoms with E-state index in [9.17, 15) is 36.5 Å². The van der Waals surface area contributed by atoms with Crippen molar-refractivity contribution in [1.82, 2.24) is 4.31 Å². The van der Waals surface area contributed by atoms with Crippen LogP contribution in [-0.2, 0) is 14.8 Å². The zero-order valence-corrected chi connectivity index (χ0v) is 14.0. The first kappa shape index (κ1) is 19.9. The Kier molecular flexibility index (Phi) is 5.14. The van der Waals surface area contributed by atoms with Gasteiger partial charge in [0.25, 0.3) is 0 Å². The van der Waals surface area contributed by atoms with Gasteiger partial charge in [-0.3, -0.25) is 14.9 Å². The number of halogens is 3. The fraction of sp³-hybridized carbons (Fsp3) is 0.462. The third-order valence-electron chi connectivity index (χ3n) is 4.01. The van der Waals surface area contributed by atoms with E-state index in [4.69, 9.17) is 9.84 Å². The predicted molar refractivity (Wildman–Crippen MR) is 79.1 cm³/mol. The molecule has 0 aliphatic carbocycles. The van der Waals surface area contributed by atoms with Crippen molar-refractivity contribution in [1.29, 1.82) is 0 Å². The second kappa shape index (κ2) is 6.72. The van der Waals surface area contributed by atoms with E-state index >= 15 is 0 Å². The van der Waals surface area contributed by atoms with Crippen molar-refractivity contribution >= 4 is 21.7 Å². The Hall–Kier alpha value is -2.41. The van der Waals surface area contributed by atoms with Crippen LogP contribution in [0.1, 0.15) is 0 Å². The molecular formula is C13H13F3N2O7S. The van der Waals surface area contributed by atoms with E-state index in [1.165, 1.54) is 0 Å². The fourth-order valence-corrected chi connectivity index (χ4v) is 4.17. The molecule has 0 saturated carbocycles. The van der Waals surface area contributed by atoms with Gasteiger partial charge in [0.2, 0.25) is 10.0 Å². The molecule has 26 heavy (non-hydrogen) atoms. The molecule has 1 fully saturated rings.